The van der Waals surface area contributed by atoms with Crippen LogP contribution in [0.1, 0.15) is 37.2 Å². The Bertz CT molecular complexity index is 732. The lowest BCUT2D eigenvalue weighted by Gasteiger charge is -2.30. The van der Waals surface area contributed by atoms with E-state index in [2.05, 4.69) is 27.5 Å². The maximum atomic E-state index is 10.8. The summed E-state index contributed by atoms with van der Waals surface area (Å²) in [6.07, 6.45) is 9.49. The number of hydrogen-bond donors (Lipinski definition) is 2. The number of ether oxygens (including phenoxy) is 1. The number of piperidine rings is 1. The van der Waals surface area contributed by atoms with Gasteiger partial charge in [-0.1, -0.05) is 0 Å². The van der Waals surface area contributed by atoms with Gasteiger partial charge in [0.15, 0.2) is 0 Å². The molecule has 1 aliphatic heterocycles. The average molecular weight is 342 g/mol. The molecule has 1 unspecified atom stereocenters. The Kier molecular flexibility index (Phi) is 4.61. The highest BCUT2D eigenvalue weighted by Crippen LogP contribution is 2.44. The SMILES string of the molecule is COCC(c1c[nH]c2ncc(NC3CCN(C=O)CC3)cc12)C1CC1. The van der Waals surface area contributed by atoms with Crippen molar-refractivity contribution >= 4 is 23.1 Å². The second-order valence-corrected chi connectivity index (χ2v) is 7.32. The predicted molar refractivity (Wildman–Crippen MR) is 97.7 cm³/mol. The van der Waals surface area contributed by atoms with E-state index in [1.165, 1.54) is 23.8 Å². The number of hydrogen-bond acceptors (Lipinski definition) is 4. The van der Waals surface area contributed by atoms with Gasteiger partial charge in [0.05, 0.1) is 18.5 Å². The van der Waals surface area contributed by atoms with Gasteiger partial charge in [-0.3, -0.25) is 4.79 Å². The molecular weight excluding hydrogens is 316 g/mol. The van der Waals surface area contributed by atoms with Gasteiger partial charge >= 0.3 is 0 Å². The molecule has 0 radical (unpaired) electrons. The second-order valence-electron chi connectivity index (χ2n) is 7.32. The monoisotopic (exact) mass is 342 g/mol. The van der Waals surface area contributed by atoms with Gasteiger partial charge in [-0.25, -0.2) is 4.98 Å². The fraction of sp³-hybridized carbons (Fsp3) is 0.579. The van der Waals surface area contributed by atoms with Crippen LogP contribution in [0.3, 0.4) is 0 Å². The van der Waals surface area contributed by atoms with Crippen LogP contribution in [0.15, 0.2) is 18.5 Å². The molecule has 1 saturated carbocycles. The zero-order valence-corrected chi connectivity index (χ0v) is 14.7. The number of anilines is 1. The van der Waals surface area contributed by atoms with Crippen molar-refractivity contribution in [1.29, 1.82) is 0 Å². The Morgan fingerprint density at radius 3 is 2.88 bits per heavy atom. The molecule has 1 amide bonds. The zero-order valence-electron chi connectivity index (χ0n) is 14.7. The lowest BCUT2D eigenvalue weighted by Crippen LogP contribution is -2.38. The maximum absolute atomic E-state index is 10.8. The van der Waals surface area contributed by atoms with E-state index in [9.17, 15) is 4.79 Å². The number of amides is 1. The molecule has 134 valence electrons. The summed E-state index contributed by atoms with van der Waals surface area (Å²) < 4.78 is 5.47. The number of carbonyl (C=O) groups is 1. The number of rotatable bonds is 7. The molecule has 4 rings (SSSR count). The molecule has 3 heterocycles. The summed E-state index contributed by atoms with van der Waals surface area (Å²) in [5.41, 5.74) is 3.33. The fourth-order valence-corrected chi connectivity index (χ4v) is 3.95. The van der Waals surface area contributed by atoms with Crippen molar-refractivity contribution in [1.82, 2.24) is 14.9 Å². The highest BCUT2D eigenvalue weighted by atomic mass is 16.5. The van der Waals surface area contributed by atoms with Crippen molar-refractivity contribution in [2.45, 2.75) is 37.6 Å². The van der Waals surface area contributed by atoms with Gasteiger partial charge in [0.2, 0.25) is 6.41 Å². The summed E-state index contributed by atoms with van der Waals surface area (Å²) in [6.45, 7) is 2.41. The number of nitrogens with one attached hydrogen (secondary N) is 2. The first-order valence-corrected chi connectivity index (χ1v) is 9.20. The molecule has 1 aliphatic carbocycles. The minimum atomic E-state index is 0.399. The molecule has 1 saturated heterocycles. The molecule has 0 bridgehead atoms. The van der Waals surface area contributed by atoms with Gasteiger partial charge < -0.3 is 19.9 Å². The molecule has 0 spiro atoms. The van der Waals surface area contributed by atoms with Crippen molar-refractivity contribution < 1.29 is 9.53 Å². The summed E-state index contributed by atoms with van der Waals surface area (Å²) in [5, 5.41) is 4.80. The molecule has 25 heavy (non-hydrogen) atoms. The van der Waals surface area contributed by atoms with Crippen molar-refractivity contribution in [2.24, 2.45) is 5.92 Å². The zero-order chi connectivity index (χ0) is 17.2. The summed E-state index contributed by atoms with van der Waals surface area (Å²) in [5.74, 6) is 1.19. The topological polar surface area (TPSA) is 70.2 Å². The Morgan fingerprint density at radius 1 is 1.40 bits per heavy atom. The van der Waals surface area contributed by atoms with Crippen LogP contribution in [-0.2, 0) is 9.53 Å². The van der Waals surface area contributed by atoms with Crippen LogP contribution in [0.25, 0.3) is 11.0 Å². The molecule has 0 aromatic carbocycles. The molecule has 2 aliphatic rings. The smallest absolute Gasteiger partial charge is 0.209 e. The molecule has 6 heteroatoms. The number of fused-ring (bicyclic) bond motifs is 1. The van der Waals surface area contributed by atoms with Gasteiger partial charge in [0, 0.05) is 43.7 Å². The predicted octanol–water partition coefficient (Wildman–Crippen LogP) is 2.74. The maximum Gasteiger partial charge on any atom is 0.209 e. The average Bonchev–Trinajstić information content (AvgIpc) is 3.40. The van der Waals surface area contributed by atoms with Gasteiger partial charge in [0.1, 0.15) is 5.65 Å². The highest BCUT2D eigenvalue weighted by Gasteiger charge is 2.33. The molecular formula is C19H26N4O2. The van der Waals surface area contributed by atoms with Gasteiger partial charge in [-0.15, -0.1) is 0 Å². The quantitative estimate of drug-likeness (QED) is 0.759. The third kappa shape index (κ3) is 3.49. The van der Waals surface area contributed by atoms with Crippen LogP contribution in [0, 0.1) is 5.92 Å². The van der Waals surface area contributed by atoms with Gasteiger partial charge in [-0.05, 0) is 43.2 Å². The lowest BCUT2D eigenvalue weighted by molar-refractivity contribution is -0.118. The van der Waals surface area contributed by atoms with Gasteiger partial charge in [-0.2, -0.15) is 0 Å². The number of nitrogens with zero attached hydrogens (tertiary/aromatic N) is 2. The van der Waals surface area contributed by atoms with E-state index in [1.807, 2.05) is 11.1 Å². The summed E-state index contributed by atoms with van der Waals surface area (Å²) in [7, 11) is 1.78. The Hall–Kier alpha value is -2.08. The Labute approximate surface area is 147 Å². The van der Waals surface area contributed by atoms with Gasteiger partial charge in [0.25, 0.3) is 0 Å². The fourth-order valence-electron chi connectivity index (χ4n) is 3.95. The first-order chi connectivity index (χ1) is 12.3. The molecule has 2 aromatic heterocycles. The van der Waals surface area contributed by atoms with E-state index in [0.717, 1.165) is 56.2 Å². The van der Waals surface area contributed by atoms with E-state index < -0.39 is 0 Å². The molecule has 6 nitrogen and oxygen atoms in total. The van der Waals surface area contributed by atoms with Crippen LogP contribution in [0.4, 0.5) is 5.69 Å². The van der Waals surface area contributed by atoms with Crippen LogP contribution >= 0.6 is 0 Å². The van der Waals surface area contributed by atoms with Crippen LogP contribution < -0.4 is 5.32 Å². The van der Waals surface area contributed by atoms with Crippen LogP contribution in [0.2, 0.25) is 0 Å². The third-order valence-electron chi connectivity index (χ3n) is 5.55. The minimum absolute atomic E-state index is 0.399. The summed E-state index contributed by atoms with van der Waals surface area (Å²) in [6, 6.07) is 2.61. The summed E-state index contributed by atoms with van der Waals surface area (Å²) in [4.78, 5) is 20.6. The highest BCUT2D eigenvalue weighted by molar-refractivity contribution is 5.83. The number of H-pyrrole nitrogens is 1. The van der Waals surface area contributed by atoms with E-state index in [-0.39, 0.29) is 0 Å². The normalized spacial score (nSPS) is 20.0. The van der Waals surface area contributed by atoms with Crippen molar-refractivity contribution in [3.63, 3.8) is 0 Å². The third-order valence-corrected chi connectivity index (χ3v) is 5.55. The minimum Gasteiger partial charge on any atom is -0.384 e. The van der Waals surface area contributed by atoms with E-state index in [4.69, 9.17) is 4.74 Å². The summed E-state index contributed by atoms with van der Waals surface area (Å²) >= 11 is 0. The van der Waals surface area contributed by atoms with E-state index >= 15 is 0 Å². The Balaban J connectivity index is 1.53. The molecule has 2 N–H and O–H groups in total. The number of pyridine rings is 1. The van der Waals surface area contributed by atoms with Crippen molar-refractivity contribution in [3.8, 4) is 0 Å². The van der Waals surface area contributed by atoms with E-state index in [1.54, 1.807) is 7.11 Å². The first-order valence-electron chi connectivity index (χ1n) is 9.20. The van der Waals surface area contributed by atoms with E-state index in [0.29, 0.717) is 12.0 Å². The first kappa shape index (κ1) is 16.4. The number of aromatic amines is 1. The van der Waals surface area contributed by atoms with Crippen LogP contribution in [0.5, 0.6) is 0 Å². The number of methoxy groups -OCH3 is 1. The molecule has 2 aromatic rings. The molecule has 1 atom stereocenters. The number of carbonyl (C=O) groups excluding carboxylic acids is 1. The van der Waals surface area contributed by atoms with Crippen LogP contribution in [-0.4, -0.2) is 54.1 Å². The van der Waals surface area contributed by atoms with Crippen molar-refractivity contribution in [2.75, 3.05) is 32.1 Å². The second kappa shape index (κ2) is 7.04. The molecule has 2 fully saturated rings. The standard InChI is InChI=1S/C19H26N4O2/c1-25-11-18(13-2-3-13)17-10-21-19-16(17)8-15(9-20-19)22-14-4-6-23(12-24)7-5-14/h8-10,12-14,18,22H,2-7,11H2,1H3,(H,20,21). The number of aromatic nitrogens is 2. The largest absolute Gasteiger partial charge is 0.384 e. The Morgan fingerprint density at radius 2 is 2.20 bits per heavy atom. The van der Waals surface area contributed by atoms with Crippen molar-refractivity contribution in [3.05, 3.63) is 24.0 Å². The lowest BCUT2D eigenvalue weighted by atomic mass is 9.95. The number of likely N-dealkylation sites (tertiary alicyclic amines) is 1.